The average Bonchev–Trinajstić information content (AvgIpc) is 3.17. The van der Waals surface area contributed by atoms with Gasteiger partial charge in [0.2, 0.25) is 5.91 Å². The number of amides is 2. The second-order valence-electron chi connectivity index (χ2n) is 6.75. The smallest absolute Gasteiger partial charge is 0.251 e. The van der Waals surface area contributed by atoms with Gasteiger partial charge in [-0.3, -0.25) is 9.59 Å². The number of carbonyl (C=O) groups excluding carboxylic acids is 2. The first-order valence-electron chi connectivity index (χ1n) is 9.50. The molecule has 1 heterocycles. The van der Waals surface area contributed by atoms with Crippen molar-refractivity contribution < 1.29 is 19.1 Å². The minimum absolute atomic E-state index is 0.106. The van der Waals surface area contributed by atoms with Gasteiger partial charge in [-0.15, -0.1) is 0 Å². The van der Waals surface area contributed by atoms with Crippen LogP contribution >= 0.6 is 0 Å². The minimum Gasteiger partial charge on any atom is -0.493 e. The van der Waals surface area contributed by atoms with Crippen LogP contribution in [0.2, 0.25) is 0 Å². The zero-order valence-corrected chi connectivity index (χ0v) is 16.5. The van der Waals surface area contributed by atoms with Gasteiger partial charge >= 0.3 is 0 Å². The molecule has 1 atom stereocenters. The van der Waals surface area contributed by atoms with E-state index in [0.717, 1.165) is 24.1 Å². The van der Waals surface area contributed by atoms with Crippen LogP contribution < -0.4 is 19.7 Å². The summed E-state index contributed by atoms with van der Waals surface area (Å²) in [4.78, 5) is 26.6. The van der Waals surface area contributed by atoms with E-state index in [1.54, 1.807) is 31.3 Å². The van der Waals surface area contributed by atoms with Gasteiger partial charge in [-0.05, 0) is 48.7 Å². The van der Waals surface area contributed by atoms with Crippen LogP contribution in [0.3, 0.4) is 0 Å². The fourth-order valence-electron chi connectivity index (χ4n) is 3.47. The number of hydrogen-bond acceptors (Lipinski definition) is 4. The molecule has 2 aromatic carbocycles. The predicted molar refractivity (Wildman–Crippen MR) is 108 cm³/mol. The fraction of sp³-hybridized carbons (Fsp3) is 0.364. The Morgan fingerprint density at radius 2 is 1.93 bits per heavy atom. The molecule has 0 unspecified atom stereocenters. The fourth-order valence-corrected chi connectivity index (χ4v) is 3.47. The van der Waals surface area contributed by atoms with E-state index in [1.807, 2.05) is 37.3 Å². The highest BCUT2D eigenvalue weighted by molar-refractivity contribution is 5.99. The molecule has 1 aliphatic heterocycles. The number of nitrogens with one attached hydrogen (secondary N) is 1. The molecule has 1 N–H and O–H groups in total. The molecule has 1 fully saturated rings. The van der Waals surface area contributed by atoms with E-state index in [2.05, 4.69) is 5.32 Å². The highest BCUT2D eigenvalue weighted by Crippen LogP contribution is 2.31. The summed E-state index contributed by atoms with van der Waals surface area (Å²) in [6, 6.07) is 12.7. The summed E-state index contributed by atoms with van der Waals surface area (Å²) in [6.07, 6.45) is 2.14. The molecule has 6 heteroatoms. The maximum atomic E-state index is 12.8. The van der Waals surface area contributed by atoms with Gasteiger partial charge in [-0.2, -0.15) is 0 Å². The lowest BCUT2D eigenvalue weighted by Crippen LogP contribution is -2.29. The zero-order chi connectivity index (χ0) is 20.1. The SMILES string of the molecule is CC[C@@H](NC(=O)c1cccc(N2CCCC2=O)c1)c1ccc(OC)c(OC)c1. The molecule has 148 valence electrons. The summed E-state index contributed by atoms with van der Waals surface area (Å²) in [6.45, 7) is 2.72. The van der Waals surface area contributed by atoms with E-state index in [9.17, 15) is 9.59 Å². The molecular weight excluding hydrogens is 356 g/mol. The van der Waals surface area contributed by atoms with Crippen LogP contribution in [0.1, 0.15) is 48.1 Å². The molecular formula is C22H26N2O4. The monoisotopic (exact) mass is 382 g/mol. The first kappa shape index (κ1) is 19.7. The molecule has 0 saturated carbocycles. The zero-order valence-electron chi connectivity index (χ0n) is 16.5. The van der Waals surface area contributed by atoms with Gasteiger partial charge in [0.05, 0.1) is 20.3 Å². The van der Waals surface area contributed by atoms with Crippen LogP contribution in [0, 0.1) is 0 Å². The number of methoxy groups -OCH3 is 2. The van der Waals surface area contributed by atoms with Gasteiger partial charge in [-0.25, -0.2) is 0 Å². The van der Waals surface area contributed by atoms with Crippen LogP contribution in [0.15, 0.2) is 42.5 Å². The quantitative estimate of drug-likeness (QED) is 0.793. The molecule has 1 aliphatic rings. The lowest BCUT2D eigenvalue weighted by atomic mass is 10.0. The molecule has 0 bridgehead atoms. The van der Waals surface area contributed by atoms with Crippen LogP contribution in [-0.2, 0) is 4.79 Å². The van der Waals surface area contributed by atoms with Crippen molar-refractivity contribution in [1.29, 1.82) is 0 Å². The number of ether oxygens (including phenoxy) is 2. The summed E-state index contributed by atoms with van der Waals surface area (Å²) in [5.74, 6) is 1.21. The second kappa shape index (κ2) is 8.78. The highest BCUT2D eigenvalue weighted by Gasteiger charge is 2.23. The number of anilines is 1. The Morgan fingerprint density at radius 3 is 2.57 bits per heavy atom. The Morgan fingerprint density at radius 1 is 1.14 bits per heavy atom. The van der Waals surface area contributed by atoms with E-state index in [-0.39, 0.29) is 17.9 Å². The Balaban J connectivity index is 1.78. The Labute approximate surface area is 165 Å². The van der Waals surface area contributed by atoms with Gasteiger partial charge < -0.3 is 19.7 Å². The number of carbonyl (C=O) groups is 2. The van der Waals surface area contributed by atoms with Crippen molar-refractivity contribution in [3.8, 4) is 11.5 Å². The maximum absolute atomic E-state index is 12.8. The summed E-state index contributed by atoms with van der Waals surface area (Å²) in [7, 11) is 3.18. The van der Waals surface area contributed by atoms with Gasteiger partial charge in [0, 0.05) is 24.2 Å². The lowest BCUT2D eigenvalue weighted by Gasteiger charge is -2.20. The van der Waals surface area contributed by atoms with Crippen LogP contribution in [-0.4, -0.2) is 32.6 Å². The molecule has 0 aromatic heterocycles. The van der Waals surface area contributed by atoms with E-state index < -0.39 is 0 Å². The normalized spacial score (nSPS) is 14.7. The summed E-state index contributed by atoms with van der Waals surface area (Å²) < 4.78 is 10.6. The molecule has 3 rings (SSSR count). The van der Waals surface area contributed by atoms with Gasteiger partial charge in [0.25, 0.3) is 5.91 Å². The van der Waals surface area contributed by atoms with Crippen LogP contribution in [0.25, 0.3) is 0 Å². The molecule has 1 saturated heterocycles. The predicted octanol–water partition coefficient (Wildman–Crippen LogP) is 3.71. The van der Waals surface area contributed by atoms with Crippen molar-refractivity contribution in [2.45, 2.75) is 32.2 Å². The van der Waals surface area contributed by atoms with E-state index in [0.29, 0.717) is 30.0 Å². The summed E-state index contributed by atoms with van der Waals surface area (Å²) in [5.41, 5.74) is 2.25. The van der Waals surface area contributed by atoms with Gasteiger partial charge in [0.15, 0.2) is 11.5 Å². The highest BCUT2D eigenvalue weighted by atomic mass is 16.5. The molecule has 2 aromatic rings. The molecule has 6 nitrogen and oxygen atoms in total. The largest absolute Gasteiger partial charge is 0.493 e. The number of nitrogens with zero attached hydrogens (tertiary/aromatic N) is 1. The third kappa shape index (κ3) is 4.11. The van der Waals surface area contributed by atoms with Crippen molar-refractivity contribution in [1.82, 2.24) is 5.32 Å². The maximum Gasteiger partial charge on any atom is 0.251 e. The molecule has 0 spiro atoms. The molecule has 28 heavy (non-hydrogen) atoms. The Kier molecular flexibility index (Phi) is 6.19. The number of benzene rings is 2. The minimum atomic E-state index is -0.171. The molecule has 2 amide bonds. The first-order valence-corrected chi connectivity index (χ1v) is 9.50. The van der Waals surface area contributed by atoms with E-state index >= 15 is 0 Å². The second-order valence-corrected chi connectivity index (χ2v) is 6.75. The summed E-state index contributed by atoms with van der Waals surface area (Å²) >= 11 is 0. The third-order valence-corrected chi connectivity index (χ3v) is 5.02. The molecule has 0 radical (unpaired) electrons. The first-order chi connectivity index (χ1) is 13.6. The number of rotatable bonds is 7. The van der Waals surface area contributed by atoms with Crippen LogP contribution in [0.5, 0.6) is 11.5 Å². The van der Waals surface area contributed by atoms with Crippen molar-refractivity contribution in [3.05, 3.63) is 53.6 Å². The third-order valence-electron chi connectivity index (χ3n) is 5.02. The number of hydrogen-bond donors (Lipinski definition) is 1. The standard InChI is InChI=1S/C22H26N2O4/c1-4-18(15-10-11-19(27-2)20(14-15)28-3)23-22(26)16-7-5-8-17(13-16)24-12-6-9-21(24)25/h5,7-8,10-11,13-14,18H,4,6,9,12H2,1-3H3,(H,23,26)/t18-/m1/s1. The topological polar surface area (TPSA) is 67.9 Å². The van der Waals surface area contributed by atoms with E-state index in [1.165, 1.54) is 0 Å². The Hall–Kier alpha value is -3.02. The molecule has 0 aliphatic carbocycles. The Bertz CT molecular complexity index is 865. The van der Waals surface area contributed by atoms with Gasteiger partial charge in [-0.1, -0.05) is 19.1 Å². The summed E-state index contributed by atoms with van der Waals surface area (Å²) in [5, 5.41) is 3.08. The van der Waals surface area contributed by atoms with Crippen molar-refractivity contribution in [2.75, 3.05) is 25.7 Å². The van der Waals surface area contributed by atoms with E-state index in [4.69, 9.17) is 9.47 Å². The van der Waals surface area contributed by atoms with Crippen molar-refractivity contribution in [3.63, 3.8) is 0 Å². The van der Waals surface area contributed by atoms with Crippen molar-refractivity contribution >= 4 is 17.5 Å². The van der Waals surface area contributed by atoms with Crippen molar-refractivity contribution in [2.24, 2.45) is 0 Å². The van der Waals surface area contributed by atoms with Gasteiger partial charge in [0.1, 0.15) is 0 Å². The average molecular weight is 382 g/mol. The van der Waals surface area contributed by atoms with Crippen LogP contribution in [0.4, 0.5) is 5.69 Å². The lowest BCUT2D eigenvalue weighted by molar-refractivity contribution is -0.117.